The normalized spacial score (nSPS) is 25.7. The molecule has 138 valence electrons. The van der Waals surface area contributed by atoms with Crippen molar-refractivity contribution in [1.82, 2.24) is 0 Å². The Hall–Kier alpha value is -0.783. The molecule has 3 atom stereocenters. The fourth-order valence-corrected chi connectivity index (χ4v) is 3.36. The highest BCUT2D eigenvalue weighted by Gasteiger charge is 2.46. The Bertz CT molecular complexity index is 490. The second-order valence-corrected chi connectivity index (χ2v) is 13.1. The Kier molecular flexibility index (Phi) is 7.14. The molecule has 0 bridgehead atoms. The maximum atomic E-state index is 10.8. The van der Waals surface area contributed by atoms with E-state index in [-0.39, 0.29) is 17.2 Å². The van der Waals surface area contributed by atoms with Gasteiger partial charge in [0.1, 0.15) is 18.2 Å². The summed E-state index contributed by atoms with van der Waals surface area (Å²) in [7, 11) is -1.89. The molecule has 1 fully saturated rings. The fourth-order valence-electron chi connectivity index (χ4n) is 2.35. The lowest BCUT2D eigenvalue weighted by molar-refractivity contribution is -0.149. The van der Waals surface area contributed by atoms with Crippen LogP contribution in [0, 0.1) is 0 Å². The van der Waals surface area contributed by atoms with Gasteiger partial charge in [-0.25, -0.2) is 4.79 Å². The third kappa shape index (κ3) is 5.64. The Morgan fingerprint density at radius 2 is 1.96 bits per heavy atom. The minimum atomic E-state index is -1.89. The molecule has 1 aliphatic heterocycles. The Morgan fingerprint density at radius 1 is 1.33 bits per heavy atom. The van der Waals surface area contributed by atoms with Crippen molar-refractivity contribution in [2.75, 3.05) is 6.61 Å². The first-order valence-corrected chi connectivity index (χ1v) is 11.6. The molecule has 0 N–H and O–H groups in total. The summed E-state index contributed by atoms with van der Waals surface area (Å²) in [5, 5.41) is 0.125. The molecule has 0 aromatic rings. The molecule has 1 rings (SSSR count). The molecule has 0 aromatic carbocycles. The predicted molar refractivity (Wildman–Crippen MR) is 98.3 cm³/mol. The summed E-state index contributed by atoms with van der Waals surface area (Å²) in [6.45, 7) is 17.3. The third-order valence-electron chi connectivity index (χ3n) is 4.74. The van der Waals surface area contributed by atoms with Gasteiger partial charge >= 0.3 is 0 Å². The van der Waals surface area contributed by atoms with Crippen LogP contribution in [0.5, 0.6) is 0 Å². The van der Waals surface area contributed by atoms with Crippen LogP contribution in [0.1, 0.15) is 48.0 Å². The van der Waals surface area contributed by atoms with Crippen molar-refractivity contribution in [1.29, 1.82) is 0 Å². The highest BCUT2D eigenvalue weighted by Crippen LogP contribution is 2.38. The highest BCUT2D eigenvalue weighted by molar-refractivity contribution is 6.74. The third-order valence-corrected chi connectivity index (χ3v) is 9.24. The standard InChI is InChI=1S/C18H33NO4Si/c1-9-10-11-14(19-13-20)16-15(22-18(5,6)23-16)12-21-24(7,8)17(2,3)4/h10-11,14-16H,9,12H2,1-8H3/b11-10+/t14-,15-,16-/m0/s1. The molecule has 6 heteroatoms. The van der Waals surface area contributed by atoms with Crippen LogP contribution in [0.3, 0.4) is 0 Å². The van der Waals surface area contributed by atoms with Crippen molar-refractivity contribution in [3.8, 4) is 0 Å². The minimum Gasteiger partial charge on any atom is -0.414 e. The summed E-state index contributed by atoms with van der Waals surface area (Å²) < 4.78 is 18.3. The SMILES string of the molecule is CC/C=C/[C@H](N=C=O)[C@@H]1OC(C)(C)O[C@H]1CO[Si](C)(C)C(C)(C)C. The van der Waals surface area contributed by atoms with Crippen molar-refractivity contribution in [2.45, 2.75) is 90.1 Å². The molecule has 0 unspecified atom stereocenters. The Morgan fingerprint density at radius 3 is 2.46 bits per heavy atom. The van der Waals surface area contributed by atoms with E-state index in [2.05, 4.69) is 38.9 Å². The lowest BCUT2D eigenvalue weighted by Gasteiger charge is -2.37. The van der Waals surface area contributed by atoms with E-state index in [4.69, 9.17) is 13.9 Å². The number of allylic oxidation sites excluding steroid dienone is 1. The van der Waals surface area contributed by atoms with E-state index in [9.17, 15) is 4.79 Å². The van der Waals surface area contributed by atoms with Gasteiger partial charge in [0.05, 0.1) is 6.61 Å². The zero-order valence-corrected chi connectivity index (χ0v) is 17.4. The number of carbonyl (C=O) groups excluding carboxylic acids is 1. The summed E-state index contributed by atoms with van der Waals surface area (Å²) in [6, 6.07) is -0.405. The Labute approximate surface area is 147 Å². The molecule has 1 aliphatic rings. The smallest absolute Gasteiger partial charge is 0.235 e. The van der Waals surface area contributed by atoms with Gasteiger partial charge in [-0.05, 0) is 38.4 Å². The second-order valence-electron chi connectivity index (χ2n) is 8.26. The zero-order chi connectivity index (χ0) is 18.6. The van der Waals surface area contributed by atoms with E-state index in [0.29, 0.717) is 6.61 Å². The largest absolute Gasteiger partial charge is 0.414 e. The van der Waals surface area contributed by atoms with E-state index >= 15 is 0 Å². The molecule has 0 spiro atoms. The van der Waals surface area contributed by atoms with Gasteiger partial charge in [0.2, 0.25) is 6.08 Å². The molecule has 1 saturated heterocycles. The van der Waals surface area contributed by atoms with Crippen LogP contribution in [0.25, 0.3) is 0 Å². The quantitative estimate of drug-likeness (QED) is 0.297. The van der Waals surface area contributed by atoms with E-state index in [1.54, 1.807) is 6.08 Å². The van der Waals surface area contributed by atoms with Crippen LogP contribution >= 0.6 is 0 Å². The topological polar surface area (TPSA) is 57.1 Å². The van der Waals surface area contributed by atoms with E-state index < -0.39 is 20.1 Å². The number of aliphatic imine (C=N–C) groups is 1. The van der Waals surface area contributed by atoms with Crippen molar-refractivity contribution >= 4 is 14.4 Å². The molecule has 24 heavy (non-hydrogen) atoms. The average Bonchev–Trinajstić information content (AvgIpc) is 2.75. The molecular weight excluding hydrogens is 322 g/mol. The van der Waals surface area contributed by atoms with E-state index in [1.807, 2.05) is 32.9 Å². The van der Waals surface area contributed by atoms with E-state index in [1.165, 1.54) is 0 Å². The van der Waals surface area contributed by atoms with Gasteiger partial charge in [0.25, 0.3) is 0 Å². The summed E-state index contributed by atoms with van der Waals surface area (Å²) in [4.78, 5) is 14.7. The summed E-state index contributed by atoms with van der Waals surface area (Å²) in [5.74, 6) is -0.719. The van der Waals surface area contributed by atoms with Gasteiger partial charge in [-0.1, -0.05) is 39.8 Å². The first-order valence-electron chi connectivity index (χ1n) is 8.67. The number of nitrogens with zero attached hydrogens (tertiary/aromatic N) is 1. The summed E-state index contributed by atoms with van der Waals surface area (Å²) in [6.07, 6.45) is 5.77. The van der Waals surface area contributed by atoms with Crippen LogP contribution in [-0.4, -0.2) is 45.0 Å². The number of ether oxygens (including phenoxy) is 2. The lowest BCUT2D eigenvalue weighted by atomic mass is 10.1. The van der Waals surface area contributed by atoms with Gasteiger partial charge in [-0.2, -0.15) is 4.99 Å². The minimum absolute atomic E-state index is 0.125. The summed E-state index contributed by atoms with van der Waals surface area (Å²) >= 11 is 0. The molecule has 0 aliphatic carbocycles. The van der Waals surface area contributed by atoms with Crippen molar-refractivity contribution in [3.05, 3.63) is 12.2 Å². The molecular formula is C18H33NO4Si. The lowest BCUT2D eigenvalue weighted by Crippen LogP contribution is -2.45. The summed E-state index contributed by atoms with van der Waals surface area (Å²) in [5.41, 5.74) is 0. The monoisotopic (exact) mass is 355 g/mol. The van der Waals surface area contributed by atoms with Crippen LogP contribution in [0.2, 0.25) is 18.1 Å². The maximum absolute atomic E-state index is 10.8. The second kappa shape index (κ2) is 8.06. The van der Waals surface area contributed by atoms with Crippen molar-refractivity contribution in [2.24, 2.45) is 4.99 Å². The zero-order valence-electron chi connectivity index (χ0n) is 16.4. The van der Waals surface area contributed by atoms with Gasteiger partial charge in [-0.3, -0.25) is 0 Å². The van der Waals surface area contributed by atoms with E-state index in [0.717, 1.165) is 6.42 Å². The van der Waals surface area contributed by atoms with Crippen LogP contribution < -0.4 is 0 Å². The Balaban J connectivity index is 2.93. The number of isocyanates is 1. The molecule has 5 nitrogen and oxygen atoms in total. The highest BCUT2D eigenvalue weighted by atomic mass is 28.4. The van der Waals surface area contributed by atoms with Gasteiger partial charge in [0, 0.05) is 0 Å². The van der Waals surface area contributed by atoms with Gasteiger partial charge < -0.3 is 13.9 Å². The molecule has 0 radical (unpaired) electrons. The van der Waals surface area contributed by atoms with Gasteiger partial charge in [0.15, 0.2) is 14.1 Å². The van der Waals surface area contributed by atoms with Gasteiger partial charge in [-0.15, -0.1) is 0 Å². The molecule has 0 amide bonds. The first kappa shape index (κ1) is 21.3. The van der Waals surface area contributed by atoms with Crippen LogP contribution in [0.15, 0.2) is 17.1 Å². The molecule has 0 saturated carbocycles. The predicted octanol–water partition coefficient (Wildman–Crippen LogP) is 4.20. The van der Waals surface area contributed by atoms with Crippen LogP contribution in [0.4, 0.5) is 0 Å². The number of rotatable bonds is 7. The van der Waals surface area contributed by atoms with Crippen molar-refractivity contribution < 1.29 is 18.7 Å². The maximum Gasteiger partial charge on any atom is 0.235 e. The first-order chi connectivity index (χ1) is 10.9. The number of hydrogen-bond donors (Lipinski definition) is 0. The number of hydrogen-bond acceptors (Lipinski definition) is 5. The molecule has 0 aromatic heterocycles. The average molecular weight is 356 g/mol. The molecule has 1 heterocycles. The van der Waals surface area contributed by atoms with Crippen LogP contribution in [-0.2, 0) is 18.7 Å². The fraction of sp³-hybridized carbons (Fsp3) is 0.833. The van der Waals surface area contributed by atoms with Crippen molar-refractivity contribution in [3.63, 3.8) is 0 Å².